The summed E-state index contributed by atoms with van der Waals surface area (Å²) < 4.78 is 5.70. The third kappa shape index (κ3) is 4.90. The summed E-state index contributed by atoms with van der Waals surface area (Å²) in [4.78, 5) is 12.7. The normalized spacial score (nSPS) is 20.3. The van der Waals surface area contributed by atoms with Crippen molar-refractivity contribution in [1.29, 1.82) is 0 Å². The van der Waals surface area contributed by atoms with Gasteiger partial charge >= 0.3 is 0 Å². The van der Waals surface area contributed by atoms with Gasteiger partial charge in [0.1, 0.15) is 6.10 Å². The third-order valence-corrected chi connectivity index (χ3v) is 4.97. The number of nitrogens with two attached hydrogens (primary N) is 1. The predicted molar refractivity (Wildman–Crippen MR) is 107 cm³/mol. The number of nitrogens with one attached hydrogen (secondary N) is 1. The number of rotatable bonds is 5. The number of halogens is 3. The molecule has 0 radical (unpaired) electrons. The zero-order valence-electron chi connectivity index (χ0n) is 14.0. The van der Waals surface area contributed by atoms with E-state index < -0.39 is 6.10 Å². The number of carbonyl (C=O) groups is 1. The molecule has 0 bridgehead atoms. The number of amides is 1. The molecule has 3 rings (SSSR count). The molecule has 1 amide bonds. The monoisotopic (exact) mass is 414 g/mol. The van der Waals surface area contributed by atoms with E-state index in [1.54, 1.807) is 12.1 Å². The fraction of sp³-hybridized carbons (Fsp3) is 0.316. The van der Waals surface area contributed by atoms with Gasteiger partial charge in [0.25, 0.3) is 0 Å². The van der Waals surface area contributed by atoms with Gasteiger partial charge in [-0.25, -0.2) is 0 Å². The molecule has 0 aromatic heterocycles. The summed E-state index contributed by atoms with van der Waals surface area (Å²) in [6, 6.07) is 14.4. The Morgan fingerprint density at radius 2 is 1.85 bits per heavy atom. The zero-order chi connectivity index (χ0) is 17.8. The van der Waals surface area contributed by atoms with Crippen LogP contribution < -0.4 is 11.1 Å². The summed E-state index contributed by atoms with van der Waals surface area (Å²) in [5.74, 6) is -0.157. The van der Waals surface area contributed by atoms with Crippen molar-refractivity contribution in [2.45, 2.75) is 31.1 Å². The minimum Gasteiger partial charge on any atom is -0.364 e. The molecule has 0 aliphatic carbocycles. The molecule has 3 N–H and O–H groups in total. The van der Waals surface area contributed by atoms with Crippen LogP contribution >= 0.6 is 35.6 Å². The second-order valence-corrected chi connectivity index (χ2v) is 6.92. The maximum atomic E-state index is 12.7. The molecule has 1 fully saturated rings. The Bertz CT molecular complexity index is 740. The van der Waals surface area contributed by atoms with Crippen LogP contribution in [0.2, 0.25) is 10.0 Å². The summed E-state index contributed by atoms with van der Waals surface area (Å²) in [6.45, 7) is 0.426. The predicted octanol–water partition coefficient (Wildman–Crippen LogP) is 4.13. The van der Waals surface area contributed by atoms with Crippen molar-refractivity contribution in [3.63, 3.8) is 0 Å². The molecule has 0 saturated carbocycles. The molecule has 2 aromatic carbocycles. The average molecular weight is 416 g/mol. The van der Waals surface area contributed by atoms with Crippen LogP contribution in [0.4, 0.5) is 0 Å². The topological polar surface area (TPSA) is 64.4 Å². The van der Waals surface area contributed by atoms with Crippen LogP contribution in [-0.4, -0.2) is 24.7 Å². The van der Waals surface area contributed by atoms with E-state index in [9.17, 15) is 4.79 Å². The smallest absolute Gasteiger partial charge is 0.249 e. The van der Waals surface area contributed by atoms with Crippen molar-refractivity contribution in [3.8, 4) is 0 Å². The first-order chi connectivity index (χ1) is 12.1. The van der Waals surface area contributed by atoms with Crippen molar-refractivity contribution in [2.75, 3.05) is 6.54 Å². The van der Waals surface area contributed by atoms with Crippen LogP contribution in [0.5, 0.6) is 0 Å². The first kappa shape index (κ1) is 21.0. The van der Waals surface area contributed by atoms with Crippen LogP contribution in [0.1, 0.15) is 30.0 Å². The van der Waals surface area contributed by atoms with Crippen LogP contribution in [0.25, 0.3) is 0 Å². The quantitative estimate of drug-likeness (QED) is 0.772. The van der Waals surface area contributed by atoms with Crippen LogP contribution in [0, 0.1) is 0 Å². The van der Waals surface area contributed by atoms with Crippen LogP contribution in [0.15, 0.2) is 48.5 Å². The molecule has 0 spiro atoms. The molecule has 1 heterocycles. The van der Waals surface area contributed by atoms with Crippen molar-refractivity contribution in [1.82, 2.24) is 5.32 Å². The molecular formula is C19H21Cl3N2O2. The van der Waals surface area contributed by atoms with Crippen molar-refractivity contribution in [2.24, 2.45) is 5.73 Å². The Hall–Kier alpha value is -1.30. The maximum absolute atomic E-state index is 12.7. The lowest BCUT2D eigenvalue weighted by molar-refractivity contribution is -0.132. The third-order valence-electron chi connectivity index (χ3n) is 4.37. The lowest BCUT2D eigenvalue weighted by Crippen LogP contribution is -2.38. The molecule has 26 heavy (non-hydrogen) atoms. The van der Waals surface area contributed by atoms with Gasteiger partial charge in [-0.3, -0.25) is 4.79 Å². The summed E-state index contributed by atoms with van der Waals surface area (Å²) in [5.41, 5.74) is 7.36. The van der Waals surface area contributed by atoms with Gasteiger partial charge in [-0.2, -0.15) is 0 Å². The van der Waals surface area contributed by atoms with E-state index in [1.807, 2.05) is 36.4 Å². The first-order valence-corrected chi connectivity index (χ1v) is 9.00. The van der Waals surface area contributed by atoms with E-state index in [0.29, 0.717) is 23.0 Å². The number of ether oxygens (including phenoxy) is 1. The van der Waals surface area contributed by atoms with E-state index >= 15 is 0 Å². The minimum atomic E-state index is -0.481. The van der Waals surface area contributed by atoms with E-state index in [0.717, 1.165) is 17.5 Å². The van der Waals surface area contributed by atoms with E-state index in [1.165, 1.54) is 0 Å². The fourth-order valence-corrected chi connectivity index (χ4v) is 3.38. The minimum absolute atomic E-state index is 0. The highest BCUT2D eigenvalue weighted by Crippen LogP contribution is 2.30. The highest BCUT2D eigenvalue weighted by atomic mass is 35.5. The molecule has 3 atom stereocenters. The lowest BCUT2D eigenvalue weighted by atomic mass is 9.98. The molecular weight excluding hydrogens is 395 g/mol. The van der Waals surface area contributed by atoms with Gasteiger partial charge < -0.3 is 15.8 Å². The zero-order valence-corrected chi connectivity index (χ0v) is 16.4. The summed E-state index contributed by atoms with van der Waals surface area (Å²) in [6.07, 6.45) is 0.937. The number of benzene rings is 2. The molecule has 4 nitrogen and oxygen atoms in total. The average Bonchev–Trinajstić information content (AvgIpc) is 3.10. The number of carbonyl (C=O) groups excluding carboxylic acids is 1. The van der Waals surface area contributed by atoms with Gasteiger partial charge in [0.05, 0.1) is 12.1 Å². The van der Waals surface area contributed by atoms with Crippen LogP contribution in [-0.2, 0) is 9.53 Å². The number of hydrogen-bond donors (Lipinski definition) is 2. The van der Waals surface area contributed by atoms with Gasteiger partial charge in [-0.1, -0.05) is 53.5 Å². The largest absolute Gasteiger partial charge is 0.364 e. The van der Waals surface area contributed by atoms with Gasteiger partial charge in [-0.05, 0) is 42.2 Å². The second kappa shape index (κ2) is 9.58. The molecule has 2 aromatic rings. The molecule has 1 aliphatic heterocycles. The summed E-state index contributed by atoms with van der Waals surface area (Å²) in [5, 5.41) is 4.29. The Balaban J connectivity index is 0.00000243. The Morgan fingerprint density at radius 3 is 2.46 bits per heavy atom. The van der Waals surface area contributed by atoms with E-state index in [-0.39, 0.29) is 30.5 Å². The Morgan fingerprint density at radius 1 is 1.15 bits per heavy atom. The second-order valence-electron chi connectivity index (χ2n) is 6.07. The number of hydrogen-bond acceptors (Lipinski definition) is 3. The van der Waals surface area contributed by atoms with E-state index in [4.69, 9.17) is 33.7 Å². The van der Waals surface area contributed by atoms with Gasteiger partial charge in [0.15, 0.2) is 0 Å². The summed E-state index contributed by atoms with van der Waals surface area (Å²) in [7, 11) is 0. The van der Waals surface area contributed by atoms with Crippen molar-refractivity contribution in [3.05, 3.63) is 69.7 Å². The lowest BCUT2D eigenvalue weighted by Gasteiger charge is -2.23. The highest BCUT2D eigenvalue weighted by Gasteiger charge is 2.31. The van der Waals surface area contributed by atoms with Crippen LogP contribution in [0.3, 0.4) is 0 Å². The van der Waals surface area contributed by atoms with Crippen molar-refractivity contribution < 1.29 is 9.53 Å². The fourth-order valence-electron chi connectivity index (χ4n) is 3.01. The maximum Gasteiger partial charge on any atom is 0.249 e. The molecule has 7 heteroatoms. The first-order valence-electron chi connectivity index (χ1n) is 8.24. The van der Waals surface area contributed by atoms with Crippen molar-refractivity contribution >= 4 is 41.5 Å². The molecule has 1 unspecified atom stereocenters. The Kier molecular flexibility index (Phi) is 7.74. The van der Waals surface area contributed by atoms with Gasteiger partial charge in [0.2, 0.25) is 5.91 Å². The Labute approximate surface area is 169 Å². The SMILES string of the molecule is Cl.NC[C@H]1CC[C@@H](C(=O)NC(c2ccc(Cl)cc2)c2ccccc2Cl)O1. The molecule has 1 saturated heterocycles. The standard InChI is InChI=1S/C19H20Cl2N2O2.ClH/c20-13-7-5-12(6-8-13)18(15-3-1-2-4-16(15)21)23-19(24)17-10-9-14(11-22)25-17;/h1-8,14,17-18H,9-11,22H2,(H,23,24);1H/t14-,17+,18?;/m1./s1. The summed E-state index contributed by atoms with van der Waals surface area (Å²) >= 11 is 12.4. The van der Waals surface area contributed by atoms with Gasteiger partial charge in [0, 0.05) is 16.6 Å². The molecule has 140 valence electrons. The molecule has 1 aliphatic rings. The highest BCUT2D eigenvalue weighted by molar-refractivity contribution is 6.31. The van der Waals surface area contributed by atoms with Gasteiger partial charge in [-0.15, -0.1) is 12.4 Å². The van der Waals surface area contributed by atoms with E-state index in [2.05, 4.69) is 5.32 Å².